The van der Waals surface area contributed by atoms with Gasteiger partial charge >= 0.3 is 0 Å². The van der Waals surface area contributed by atoms with Gasteiger partial charge in [0.05, 0.1) is 11.4 Å². The lowest BCUT2D eigenvalue weighted by molar-refractivity contribution is -0.108. The van der Waals surface area contributed by atoms with E-state index in [1.165, 1.54) is 0 Å². The third-order valence-corrected chi connectivity index (χ3v) is 2.58. The first-order valence-electron chi connectivity index (χ1n) is 5.09. The SMILES string of the molecule is CNCCN1c2ccccc2NC1C=O. The van der Waals surface area contributed by atoms with Crippen molar-refractivity contribution >= 4 is 17.7 Å². The standard InChI is InChI=1S/C11H15N3O/c1-12-6-7-14-10-5-3-2-4-9(10)13-11(14)8-15/h2-5,8,11-13H,6-7H2,1H3. The van der Waals surface area contributed by atoms with E-state index in [9.17, 15) is 4.79 Å². The Bertz CT molecular complexity index is 353. The zero-order valence-electron chi connectivity index (χ0n) is 8.73. The minimum absolute atomic E-state index is 0.226. The van der Waals surface area contributed by atoms with Crippen molar-refractivity contribution < 1.29 is 4.79 Å². The van der Waals surface area contributed by atoms with Crippen LogP contribution in [0.25, 0.3) is 0 Å². The predicted octanol–water partition coefficient (Wildman–Crippen LogP) is 0.663. The summed E-state index contributed by atoms with van der Waals surface area (Å²) < 4.78 is 0. The number of fused-ring (bicyclic) bond motifs is 1. The van der Waals surface area contributed by atoms with Crippen LogP contribution in [-0.4, -0.2) is 32.6 Å². The van der Waals surface area contributed by atoms with Gasteiger partial charge in [-0.05, 0) is 19.2 Å². The molecule has 1 aromatic rings. The number of aldehydes is 1. The molecule has 1 atom stereocenters. The van der Waals surface area contributed by atoms with Gasteiger partial charge in [0.15, 0.2) is 12.5 Å². The average molecular weight is 205 g/mol. The highest BCUT2D eigenvalue weighted by atomic mass is 16.1. The average Bonchev–Trinajstić information content (AvgIpc) is 2.64. The van der Waals surface area contributed by atoms with E-state index in [-0.39, 0.29) is 6.17 Å². The highest BCUT2D eigenvalue weighted by Gasteiger charge is 2.26. The summed E-state index contributed by atoms with van der Waals surface area (Å²) in [7, 11) is 1.91. The first-order valence-corrected chi connectivity index (χ1v) is 5.09. The van der Waals surface area contributed by atoms with Gasteiger partial charge in [0.2, 0.25) is 0 Å². The van der Waals surface area contributed by atoms with E-state index in [0.29, 0.717) is 0 Å². The summed E-state index contributed by atoms with van der Waals surface area (Å²) >= 11 is 0. The lowest BCUT2D eigenvalue weighted by Crippen LogP contribution is -2.40. The molecule has 4 nitrogen and oxygen atoms in total. The van der Waals surface area contributed by atoms with Gasteiger partial charge in [0, 0.05) is 13.1 Å². The second-order valence-corrected chi connectivity index (χ2v) is 3.54. The Morgan fingerprint density at radius 2 is 2.33 bits per heavy atom. The first kappa shape index (κ1) is 9.98. The maximum absolute atomic E-state index is 10.9. The first-order chi connectivity index (χ1) is 7.36. The van der Waals surface area contributed by atoms with Gasteiger partial charge < -0.3 is 15.5 Å². The summed E-state index contributed by atoms with van der Waals surface area (Å²) in [6.45, 7) is 1.68. The van der Waals surface area contributed by atoms with Crippen LogP contribution in [-0.2, 0) is 4.79 Å². The maximum Gasteiger partial charge on any atom is 0.162 e. The van der Waals surface area contributed by atoms with Gasteiger partial charge in [0.25, 0.3) is 0 Å². The Balaban J connectivity index is 2.21. The monoisotopic (exact) mass is 205 g/mol. The van der Waals surface area contributed by atoms with E-state index in [2.05, 4.69) is 15.5 Å². The van der Waals surface area contributed by atoms with Crippen molar-refractivity contribution in [1.29, 1.82) is 0 Å². The largest absolute Gasteiger partial charge is 0.358 e. The molecular formula is C11H15N3O. The van der Waals surface area contributed by atoms with Crippen molar-refractivity contribution in [3.05, 3.63) is 24.3 Å². The zero-order chi connectivity index (χ0) is 10.7. The Hall–Kier alpha value is -1.55. The molecule has 1 heterocycles. The van der Waals surface area contributed by atoms with Crippen molar-refractivity contribution in [2.75, 3.05) is 30.4 Å². The fourth-order valence-electron chi connectivity index (χ4n) is 1.83. The number of hydrogen-bond donors (Lipinski definition) is 2. The lowest BCUT2D eigenvalue weighted by atomic mass is 10.2. The molecule has 1 unspecified atom stereocenters. The topological polar surface area (TPSA) is 44.4 Å². The number of para-hydroxylation sites is 2. The summed E-state index contributed by atoms with van der Waals surface area (Å²) in [5.41, 5.74) is 2.13. The van der Waals surface area contributed by atoms with Gasteiger partial charge in [-0.25, -0.2) is 0 Å². The maximum atomic E-state index is 10.9. The van der Waals surface area contributed by atoms with E-state index >= 15 is 0 Å². The molecule has 4 heteroatoms. The minimum Gasteiger partial charge on any atom is -0.358 e. The van der Waals surface area contributed by atoms with Gasteiger partial charge in [-0.15, -0.1) is 0 Å². The van der Waals surface area contributed by atoms with Crippen molar-refractivity contribution in [1.82, 2.24) is 5.32 Å². The van der Waals surface area contributed by atoms with Crippen molar-refractivity contribution in [2.24, 2.45) is 0 Å². The smallest absolute Gasteiger partial charge is 0.162 e. The quantitative estimate of drug-likeness (QED) is 0.709. The molecule has 0 amide bonds. The molecule has 0 aromatic heterocycles. The number of hydrogen-bond acceptors (Lipinski definition) is 4. The third kappa shape index (κ3) is 1.80. The van der Waals surface area contributed by atoms with Gasteiger partial charge in [-0.1, -0.05) is 12.1 Å². The summed E-state index contributed by atoms with van der Waals surface area (Å²) in [5.74, 6) is 0. The number of carbonyl (C=O) groups excluding carboxylic acids is 1. The Kier molecular flexibility index (Phi) is 2.87. The van der Waals surface area contributed by atoms with Crippen LogP contribution in [0.2, 0.25) is 0 Å². The molecule has 2 rings (SSSR count). The highest BCUT2D eigenvalue weighted by molar-refractivity contribution is 5.84. The summed E-state index contributed by atoms with van der Waals surface area (Å²) in [5, 5.41) is 6.26. The molecular weight excluding hydrogens is 190 g/mol. The van der Waals surface area contributed by atoms with Crippen LogP contribution >= 0.6 is 0 Å². The van der Waals surface area contributed by atoms with Crippen molar-refractivity contribution in [3.63, 3.8) is 0 Å². The molecule has 15 heavy (non-hydrogen) atoms. The van der Waals surface area contributed by atoms with Crippen LogP contribution in [0.5, 0.6) is 0 Å². The number of likely N-dealkylation sites (N-methyl/N-ethyl adjacent to an activating group) is 1. The lowest BCUT2D eigenvalue weighted by Gasteiger charge is -2.22. The van der Waals surface area contributed by atoms with Crippen molar-refractivity contribution in [3.8, 4) is 0 Å². The number of benzene rings is 1. The van der Waals surface area contributed by atoms with E-state index in [0.717, 1.165) is 30.8 Å². The van der Waals surface area contributed by atoms with Crippen LogP contribution in [0.4, 0.5) is 11.4 Å². The molecule has 0 bridgehead atoms. The van der Waals surface area contributed by atoms with Gasteiger partial charge in [0.1, 0.15) is 0 Å². The van der Waals surface area contributed by atoms with Crippen LogP contribution in [0.15, 0.2) is 24.3 Å². The fraction of sp³-hybridized carbons (Fsp3) is 0.364. The van der Waals surface area contributed by atoms with Crippen LogP contribution in [0.3, 0.4) is 0 Å². The number of nitrogens with zero attached hydrogens (tertiary/aromatic N) is 1. The molecule has 1 aromatic carbocycles. The Morgan fingerprint density at radius 1 is 1.53 bits per heavy atom. The van der Waals surface area contributed by atoms with Crippen LogP contribution < -0.4 is 15.5 Å². The summed E-state index contributed by atoms with van der Waals surface area (Å²) in [4.78, 5) is 13.0. The van der Waals surface area contributed by atoms with Gasteiger partial charge in [-0.3, -0.25) is 4.79 Å². The molecule has 0 aliphatic carbocycles. The molecule has 0 fully saturated rings. The van der Waals surface area contributed by atoms with E-state index in [1.54, 1.807) is 0 Å². The normalized spacial score (nSPS) is 18.5. The summed E-state index contributed by atoms with van der Waals surface area (Å²) in [6.07, 6.45) is 0.714. The fourth-order valence-corrected chi connectivity index (χ4v) is 1.83. The minimum atomic E-state index is -0.226. The molecule has 0 radical (unpaired) electrons. The Labute approximate surface area is 89.3 Å². The van der Waals surface area contributed by atoms with Crippen LogP contribution in [0, 0.1) is 0 Å². The van der Waals surface area contributed by atoms with E-state index in [1.807, 2.05) is 31.3 Å². The summed E-state index contributed by atoms with van der Waals surface area (Å²) in [6, 6.07) is 7.97. The molecule has 0 saturated carbocycles. The second-order valence-electron chi connectivity index (χ2n) is 3.54. The number of carbonyl (C=O) groups is 1. The number of nitrogens with one attached hydrogen (secondary N) is 2. The number of anilines is 2. The Morgan fingerprint density at radius 3 is 3.07 bits per heavy atom. The van der Waals surface area contributed by atoms with E-state index < -0.39 is 0 Å². The molecule has 0 saturated heterocycles. The third-order valence-electron chi connectivity index (χ3n) is 2.58. The molecule has 1 aliphatic rings. The highest BCUT2D eigenvalue weighted by Crippen LogP contribution is 2.32. The predicted molar refractivity (Wildman–Crippen MR) is 61.2 cm³/mol. The van der Waals surface area contributed by atoms with Crippen LogP contribution in [0.1, 0.15) is 0 Å². The van der Waals surface area contributed by atoms with Gasteiger partial charge in [-0.2, -0.15) is 0 Å². The van der Waals surface area contributed by atoms with Crippen molar-refractivity contribution in [2.45, 2.75) is 6.17 Å². The molecule has 2 N–H and O–H groups in total. The molecule has 1 aliphatic heterocycles. The molecule has 80 valence electrons. The second kappa shape index (κ2) is 4.31. The zero-order valence-corrected chi connectivity index (χ0v) is 8.73. The number of rotatable bonds is 4. The molecule has 0 spiro atoms. The van der Waals surface area contributed by atoms with E-state index in [4.69, 9.17) is 0 Å².